The minimum absolute atomic E-state index is 0.00772. The summed E-state index contributed by atoms with van der Waals surface area (Å²) in [5, 5.41) is 10.9. The Morgan fingerprint density at radius 1 is 0.906 bits per heavy atom. The third-order valence-electron chi connectivity index (χ3n) is 5.64. The van der Waals surface area contributed by atoms with E-state index in [0.717, 1.165) is 47.3 Å². The molecule has 4 aromatic rings. The van der Waals surface area contributed by atoms with Crippen molar-refractivity contribution in [2.75, 3.05) is 6.54 Å². The Balaban J connectivity index is 1.39. The van der Waals surface area contributed by atoms with Crippen LogP contribution in [-0.4, -0.2) is 32.3 Å². The molecule has 0 saturated carbocycles. The molecule has 0 aliphatic carbocycles. The van der Waals surface area contributed by atoms with Gasteiger partial charge in [-0.3, -0.25) is 9.97 Å². The van der Waals surface area contributed by atoms with Crippen molar-refractivity contribution in [1.29, 1.82) is 0 Å². The van der Waals surface area contributed by atoms with E-state index in [-0.39, 0.29) is 6.04 Å². The second-order valence-corrected chi connectivity index (χ2v) is 8.14. The quantitative estimate of drug-likeness (QED) is 0.450. The molecule has 1 aromatic heterocycles. The standard InChI is InChI=1S/C26H23N5S/c32-26(29-14-13-19-7-3-1-4-8-19)31-25(18-23(30-31)20-9-5-2-6-10-20)21-11-12-22-24(17-21)28-16-15-27-22/h1-12,15-17,25H,13-14,18H2,(H,29,32). The van der Waals surface area contributed by atoms with Crippen molar-refractivity contribution in [2.45, 2.75) is 18.9 Å². The van der Waals surface area contributed by atoms with E-state index in [1.807, 2.05) is 35.3 Å². The summed E-state index contributed by atoms with van der Waals surface area (Å²) in [6, 6.07) is 26.9. The number of hydrogen-bond donors (Lipinski definition) is 1. The fourth-order valence-electron chi connectivity index (χ4n) is 3.99. The van der Waals surface area contributed by atoms with Gasteiger partial charge in [-0.25, -0.2) is 5.01 Å². The van der Waals surface area contributed by atoms with E-state index < -0.39 is 0 Å². The van der Waals surface area contributed by atoms with Gasteiger partial charge in [-0.1, -0.05) is 66.7 Å². The molecule has 0 fully saturated rings. The van der Waals surface area contributed by atoms with E-state index in [0.29, 0.717) is 5.11 Å². The summed E-state index contributed by atoms with van der Waals surface area (Å²) >= 11 is 5.78. The molecule has 1 unspecified atom stereocenters. The Labute approximate surface area is 192 Å². The number of fused-ring (bicyclic) bond motifs is 1. The van der Waals surface area contributed by atoms with Gasteiger partial charge in [-0.05, 0) is 47.5 Å². The monoisotopic (exact) mass is 437 g/mol. The second kappa shape index (κ2) is 9.24. The maximum absolute atomic E-state index is 5.78. The lowest BCUT2D eigenvalue weighted by Gasteiger charge is -2.25. The van der Waals surface area contributed by atoms with Crippen LogP contribution >= 0.6 is 12.2 Å². The van der Waals surface area contributed by atoms with Gasteiger partial charge in [0.1, 0.15) is 0 Å². The van der Waals surface area contributed by atoms with Gasteiger partial charge in [0.2, 0.25) is 0 Å². The minimum atomic E-state index is 0.00772. The minimum Gasteiger partial charge on any atom is -0.361 e. The van der Waals surface area contributed by atoms with E-state index in [2.05, 4.69) is 63.8 Å². The van der Waals surface area contributed by atoms with Crippen LogP contribution in [0.1, 0.15) is 29.2 Å². The molecule has 1 aliphatic rings. The van der Waals surface area contributed by atoms with Crippen molar-refractivity contribution in [2.24, 2.45) is 5.10 Å². The Morgan fingerprint density at radius 3 is 2.41 bits per heavy atom. The van der Waals surface area contributed by atoms with Crippen molar-refractivity contribution in [3.8, 4) is 0 Å². The highest BCUT2D eigenvalue weighted by atomic mass is 32.1. The molecule has 5 rings (SSSR count). The zero-order valence-corrected chi connectivity index (χ0v) is 18.4. The number of aromatic nitrogens is 2. The fraction of sp³-hybridized carbons (Fsp3) is 0.154. The van der Waals surface area contributed by atoms with Crippen LogP contribution in [0.3, 0.4) is 0 Å². The first-order valence-corrected chi connectivity index (χ1v) is 11.1. The maximum atomic E-state index is 5.78. The van der Waals surface area contributed by atoms with Crippen LogP contribution in [0.2, 0.25) is 0 Å². The zero-order valence-electron chi connectivity index (χ0n) is 17.6. The molecule has 0 radical (unpaired) electrons. The van der Waals surface area contributed by atoms with Crippen molar-refractivity contribution in [3.63, 3.8) is 0 Å². The van der Waals surface area contributed by atoms with E-state index >= 15 is 0 Å². The number of nitrogens with zero attached hydrogens (tertiary/aromatic N) is 4. The van der Waals surface area contributed by atoms with Crippen LogP contribution in [0, 0.1) is 0 Å². The maximum Gasteiger partial charge on any atom is 0.190 e. The van der Waals surface area contributed by atoms with Gasteiger partial charge in [0.25, 0.3) is 0 Å². The summed E-state index contributed by atoms with van der Waals surface area (Å²) in [6.45, 7) is 0.755. The molecule has 0 saturated heterocycles. The number of hydrazone groups is 1. The number of hydrogen-bond acceptors (Lipinski definition) is 4. The molecule has 3 aromatic carbocycles. The van der Waals surface area contributed by atoms with E-state index in [1.54, 1.807) is 12.4 Å². The lowest BCUT2D eigenvalue weighted by molar-refractivity contribution is 0.364. The number of rotatable bonds is 5. The van der Waals surface area contributed by atoms with Gasteiger partial charge < -0.3 is 5.32 Å². The predicted octanol–water partition coefficient (Wildman–Crippen LogP) is 4.90. The summed E-state index contributed by atoms with van der Waals surface area (Å²) in [5.74, 6) is 0. The molecule has 6 heteroatoms. The van der Waals surface area contributed by atoms with Crippen LogP contribution in [0.15, 0.2) is 96.4 Å². The normalized spacial score (nSPS) is 15.6. The van der Waals surface area contributed by atoms with Gasteiger partial charge in [-0.2, -0.15) is 5.10 Å². The Kier molecular flexibility index (Phi) is 5.85. The van der Waals surface area contributed by atoms with E-state index in [9.17, 15) is 0 Å². The van der Waals surface area contributed by atoms with Gasteiger partial charge >= 0.3 is 0 Å². The summed E-state index contributed by atoms with van der Waals surface area (Å²) in [5.41, 5.74) is 6.31. The first-order chi connectivity index (χ1) is 15.8. The first kappa shape index (κ1) is 20.3. The van der Waals surface area contributed by atoms with Gasteiger partial charge in [0, 0.05) is 25.4 Å². The Bertz CT molecular complexity index is 1260. The smallest absolute Gasteiger partial charge is 0.190 e. The predicted molar refractivity (Wildman–Crippen MR) is 132 cm³/mol. The lowest BCUT2D eigenvalue weighted by atomic mass is 9.98. The Morgan fingerprint density at radius 2 is 1.62 bits per heavy atom. The van der Waals surface area contributed by atoms with Crippen molar-refractivity contribution >= 4 is 34.1 Å². The molecule has 2 heterocycles. The first-order valence-electron chi connectivity index (χ1n) is 10.7. The zero-order chi connectivity index (χ0) is 21.8. The molecular weight excluding hydrogens is 414 g/mol. The number of nitrogens with one attached hydrogen (secondary N) is 1. The molecule has 1 aliphatic heterocycles. The fourth-order valence-corrected chi connectivity index (χ4v) is 4.26. The summed E-state index contributed by atoms with van der Waals surface area (Å²) in [4.78, 5) is 8.87. The molecular formula is C26H23N5S. The van der Waals surface area contributed by atoms with Crippen molar-refractivity contribution in [3.05, 3.63) is 108 Å². The molecule has 158 valence electrons. The van der Waals surface area contributed by atoms with Crippen LogP contribution < -0.4 is 5.32 Å². The van der Waals surface area contributed by atoms with Gasteiger partial charge in [0.05, 0.1) is 22.8 Å². The molecule has 0 bridgehead atoms. The second-order valence-electron chi connectivity index (χ2n) is 7.75. The summed E-state index contributed by atoms with van der Waals surface area (Å²) < 4.78 is 0. The highest BCUT2D eigenvalue weighted by Gasteiger charge is 2.31. The van der Waals surface area contributed by atoms with Crippen LogP contribution in [0.4, 0.5) is 0 Å². The third kappa shape index (κ3) is 4.36. The highest BCUT2D eigenvalue weighted by Crippen LogP contribution is 2.33. The highest BCUT2D eigenvalue weighted by molar-refractivity contribution is 7.80. The molecule has 1 N–H and O–H groups in total. The lowest BCUT2D eigenvalue weighted by Crippen LogP contribution is -2.37. The topological polar surface area (TPSA) is 53.4 Å². The Hall–Kier alpha value is -3.64. The average molecular weight is 438 g/mol. The largest absolute Gasteiger partial charge is 0.361 e. The molecule has 5 nitrogen and oxygen atoms in total. The molecule has 0 spiro atoms. The van der Waals surface area contributed by atoms with Gasteiger partial charge in [0.15, 0.2) is 5.11 Å². The summed E-state index contributed by atoms with van der Waals surface area (Å²) in [7, 11) is 0. The molecule has 0 amide bonds. The summed E-state index contributed by atoms with van der Waals surface area (Å²) in [6.07, 6.45) is 5.11. The van der Waals surface area contributed by atoms with Gasteiger partial charge in [-0.15, -0.1) is 0 Å². The van der Waals surface area contributed by atoms with Crippen LogP contribution in [0.5, 0.6) is 0 Å². The van der Waals surface area contributed by atoms with Crippen molar-refractivity contribution in [1.82, 2.24) is 20.3 Å². The average Bonchev–Trinajstić information content (AvgIpc) is 3.31. The molecule has 32 heavy (non-hydrogen) atoms. The number of benzene rings is 3. The van der Waals surface area contributed by atoms with Crippen molar-refractivity contribution < 1.29 is 0 Å². The van der Waals surface area contributed by atoms with E-state index in [1.165, 1.54) is 5.56 Å². The number of thiocarbonyl (C=S) groups is 1. The van der Waals surface area contributed by atoms with Crippen LogP contribution in [0.25, 0.3) is 11.0 Å². The van der Waals surface area contributed by atoms with Crippen LogP contribution in [-0.2, 0) is 6.42 Å². The van der Waals surface area contributed by atoms with E-state index in [4.69, 9.17) is 17.3 Å². The molecule has 1 atom stereocenters. The SMILES string of the molecule is S=C(NCCc1ccccc1)N1N=C(c2ccccc2)CC1c1ccc2nccnc2c1. The third-order valence-corrected chi connectivity index (χ3v) is 5.97.